The van der Waals surface area contributed by atoms with Crippen LogP contribution in [0, 0.1) is 0 Å². The van der Waals surface area contributed by atoms with Crippen molar-refractivity contribution >= 4 is 44.1 Å². The highest BCUT2D eigenvalue weighted by atomic mass is 35.5. The van der Waals surface area contributed by atoms with E-state index in [2.05, 4.69) is 15.2 Å². The zero-order valence-corrected chi connectivity index (χ0v) is 16.5. The van der Waals surface area contributed by atoms with Gasteiger partial charge in [-0.2, -0.15) is 0 Å². The van der Waals surface area contributed by atoms with Crippen LogP contribution in [0.15, 0.2) is 35.6 Å². The Balaban J connectivity index is 1.56. The van der Waals surface area contributed by atoms with Gasteiger partial charge in [-0.15, -0.1) is 10.2 Å². The predicted octanol–water partition coefficient (Wildman–Crippen LogP) is 3.21. The van der Waals surface area contributed by atoms with Crippen LogP contribution in [0.2, 0.25) is 5.02 Å². The maximum atomic E-state index is 11.7. The maximum Gasteiger partial charge on any atom is 0.191 e. The number of pyridine rings is 1. The zero-order valence-electron chi connectivity index (χ0n) is 14.1. The van der Waals surface area contributed by atoms with Gasteiger partial charge < -0.3 is 4.57 Å². The number of halogens is 1. The molecule has 3 heterocycles. The molecule has 0 aliphatic carbocycles. The molecule has 2 aromatic heterocycles. The summed E-state index contributed by atoms with van der Waals surface area (Å²) in [7, 11) is -1.05. The summed E-state index contributed by atoms with van der Waals surface area (Å²) in [6.45, 7) is 0. The van der Waals surface area contributed by atoms with Crippen LogP contribution in [-0.4, -0.2) is 39.7 Å². The first kappa shape index (κ1) is 17.8. The molecule has 26 heavy (non-hydrogen) atoms. The minimum atomic E-state index is -2.94. The van der Waals surface area contributed by atoms with Crippen LogP contribution >= 0.6 is 23.4 Å². The van der Waals surface area contributed by atoms with Gasteiger partial charge in [0.2, 0.25) is 0 Å². The lowest BCUT2D eigenvalue weighted by Gasteiger charge is -2.09. The number of hydrogen-bond donors (Lipinski definition) is 0. The summed E-state index contributed by atoms with van der Waals surface area (Å²) in [5, 5.41) is 10.9. The fourth-order valence-electron chi connectivity index (χ4n) is 3.26. The number of rotatable bonds is 4. The number of aromatic nitrogens is 4. The van der Waals surface area contributed by atoms with Gasteiger partial charge in [-0.3, -0.25) is 4.98 Å². The van der Waals surface area contributed by atoms with Gasteiger partial charge in [-0.05, 0) is 30.2 Å². The second-order valence-corrected chi connectivity index (χ2v) is 9.97. The second-order valence-electron chi connectivity index (χ2n) is 6.39. The Labute approximate surface area is 160 Å². The topological polar surface area (TPSA) is 77.7 Å². The van der Waals surface area contributed by atoms with Gasteiger partial charge in [0.05, 0.1) is 17.0 Å². The van der Waals surface area contributed by atoms with E-state index in [1.54, 1.807) is 18.0 Å². The summed E-state index contributed by atoms with van der Waals surface area (Å²) in [6.07, 6.45) is 2.37. The SMILES string of the molecule is Cn1c(SCc2ccc(Cl)c3cccnc23)nnc1C1CCS(=O)(=O)C1. The Hall–Kier alpha value is -1.64. The third-order valence-corrected chi connectivity index (χ3v) is 7.79. The second kappa shape index (κ2) is 6.83. The van der Waals surface area contributed by atoms with Crippen LogP contribution in [0.3, 0.4) is 0 Å². The molecule has 1 fully saturated rings. The van der Waals surface area contributed by atoms with Gasteiger partial charge in [0, 0.05) is 35.3 Å². The molecular formula is C17H17ClN4O2S2. The molecule has 0 N–H and O–H groups in total. The number of benzene rings is 1. The molecule has 1 aliphatic rings. The molecule has 136 valence electrons. The third-order valence-electron chi connectivity index (χ3n) is 4.62. The Morgan fingerprint density at radius 1 is 1.31 bits per heavy atom. The number of hydrogen-bond acceptors (Lipinski definition) is 6. The minimum Gasteiger partial charge on any atom is -0.309 e. The van der Waals surface area contributed by atoms with Crippen LogP contribution < -0.4 is 0 Å². The number of fused-ring (bicyclic) bond motifs is 1. The largest absolute Gasteiger partial charge is 0.309 e. The van der Waals surface area contributed by atoms with Crippen LogP contribution in [0.4, 0.5) is 0 Å². The Morgan fingerprint density at radius 2 is 2.15 bits per heavy atom. The molecule has 0 saturated carbocycles. The quantitative estimate of drug-likeness (QED) is 0.617. The molecule has 0 bridgehead atoms. The third kappa shape index (κ3) is 3.33. The normalized spacial score (nSPS) is 19.2. The summed E-state index contributed by atoms with van der Waals surface area (Å²) < 4.78 is 25.3. The summed E-state index contributed by atoms with van der Waals surface area (Å²) in [4.78, 5) is 4.45. The highest BCUT2D eigenvalue weighted by molar-refractivity contribution is 7.98. The Morgan fingerprint density at radius 3 is 2.92 bits per heavy atom. The highest BCUT2D eigenvalue weighted by Gasteiger charge is 2.32. The van der Waals surface area contributed by atoms with Crippen molar-refractivity contribution < 1.29 is 8.42 Å². The van der Waals surface area contributed by atoms with Crippen LogP contribution in [0.1, 0.15) is 23.7 Å². The minimum absolute atomic E-state index is 0.0649. The lowest BCUT2D eigenvalue weighted by Crippen LogP contribution is -2.09. The first-order valence-corrected chi connectivity index (χ1v) is 11.4. The zero-order chi connectivity index (χ0) is 18.3. The average molecular weight is 409 g/mol. The molecule has 3 aromatic rings. The van der Waals surface area contributed by atoms with Crippen molar-refractivity contribution in [2.24, 2.45) is 7.05 Å². The van der Waals surface area contributed by atoms with Crippen molar-refractivity contribution in [2.75, 3.05) is 11.5 Å². The van der Waals surface area contributed by atoms with E-state index >= 15 is 0 Å². The number of sulfone groups is 1. The predicted molar refractivity (Wildman–Crippen MR) is 103 cm³/mol. The molecular weight excluding hydrogens is 392 g/mol. The molecule has 4 rings (SSSR count). The van der Waals surface area contributed by atoms with E-state index in [0.29, 0.717) is 17.2 Å². The number of nitrogens with zero attached hydrogens (tertiary/aromatic N) is 4. The van der Waals surface area contributed by atoms with Gasteiger partial charge in [-0.1, -0.05) is 29.4 Å². The molecule has 1 saturated heterocycles. The van der Waals surface area contributed by atoms with Crippen molar-refractivity contribution in [3.8, 4) is 0 Å². The fourth-order valence-corrected chi connectivity index (χ4v) is 6.12. The summed E-state index contributed by atoms with van der Waals surface area (Å²) in [5.74, 6) is 1.75. The molecule has 0 amide bonds. The summed E-state index contributed by atoms with van der Waals surface area (Å²) in [6, 6.07) is 7.69. The molecule has 0 radical (unpaired) electrons. The maximum absolute atomic E-state index is 11.7. The van der Waals surface area contributed by atoms with E-state index in [9.17, 15) is 8.42 Å². The van der Waals surface area contributed by atoms with E-state index in [1.807, 2.05) is 35.9 Å². The molecule has 1 atom stereocenters. The van der Waals surface area contributed by atoms with E-state index < -0.39 is 9.84 Å². The van der Waals surface area contributed by atoms with Crippen LogP contribution in [0.5, 0.6) is 0 Å². The summed E-state index contributed by atoms with van der Waals surface area (Å²) in [5.41, 5.74) is 1.96. The van der Waals surface area contributed by atoms with E-state index in [1.165, 1.54) is 0 Å². The van der Waals surface area contributed by atoms with E-state index in [-0.39, 0.29) is 17.4 Å². The Kier molecular flexibility index (Phi) is 4.66. The van der Waals surface area contributed by atoms with E-state index in [0.717, 1.165) is 27.4 Å². The molecule has 0 spiro atoms. The van der Waals surface area contributed by atoms with Gasteiger partial charge in [0.25, 0.3) is 0 Å². The monoisotopic (exact) mass is 408 g/mol. The van der Waals surface area contributed by atoms with Gasteiger partial charge in [0.1, 0.15) is 5.82 Å². The van der Waals surface area contributed by atoms with Crippen LogP contribution in [-0.2, 0) is 22.6 Å². The van der Waals surface area contributed by atoms with Gasteiger partial charge in [-0.25, -0.2) is 8.42 Å². The standard InChI is InChI=1S/C17H17ClN4O2S2/c1-22-16(12-6-8-26(23,24)10-12)20-21-17(22)25-9-11-4-5-14(18)13-3-2-7-19-15(11)13/h2-5,7,12H,6,8-10H2,1H3. The van der Waals surface area contributed by atoms with Gasteiger partial charge in [0.15, 0.2) is 15.0 Å². The molecule has 9 heteroatoms. The van der Waals surface area contributed by atoms with Crippen molar-refractivity contribution in [2.45, 2.75) is 23.2 Å². The first-order valence-electron chi connectivity index (χ1n) is 8.19. The van der Waals surface area contributed by atoms with Crippen molar-refractivity contribution in [1.29, 1.82) is 0 Å². The van der Waals surface area contributed by atoms with Gasteiger partial charge >= 0.3 is 0 Å². The van der Waals surface area contributed by atoms with Crippen molar-refractivity contribution in [3.05, 3.63) is 46.9 Å². The Bertz CT molecular complexity index is 1080. The smallest absolute Gasteiger partial charge is 0.191 e. The lowest BCUT2D eigenvalue weighted by atomic mass is 10.1. The number of thioether (sulfide) groups is 1. The first-order chi connectivity index (χ1) is 12.4. The molecule has 1 aliphatic heterocycles. The van der Waals surface area contributed by atoms with Crippen LogP contribution in [0.25, 0.3) is 10.9 Å². The van der Waals surface area contributed by atoms with Crippen molar-refractivity contribution in [3.63, 3.8) is 0 Å². The summed E-state index contributed by atoms with van der Waals surface area (Å²) >= 11 is 7.81. The van der Waals surface area contributed by atoms with Crippen molar-refractivity contribution in [1.82, 2.24) is 19.7 Å². The molecule has 6 nitrogen and oxygen atoms in total. The highest BCUT2D eigenvalue weighted by Crippen LogP contribution is 2.32. The average Bonchev–Trinajstić information content (AvgIpc) is 3.16. The van der Waals surface area contributed by atoms with E-state index in [4.69, 9.17) is 11.6 Å². The lowest BCUT2D eigenvalue weighted by molar-refractivity contribution is 0.599. The molecule has 1 aromatic carbocycles. The molecule has 1 unspecified atom stereocenters. The fraction of sp³-hybridized carbons (Fsp3) is 0.353.